The van der Waals surface area contributed by atoms with Gasteiger partial charge in [-0.1, -0.05) is 18.2 Å². The molecule has 6 nitrogen and oxygen atoms in total. The van der Waals surface area contributed by atoms with E-state index < -0.39 is 0 Å². The van der Waals surface area contributed by atoms with E-state index in [1.54, 1.807) is 12.1 Å². The summed E-state index contributed by atoms with van der Waals surface area (Å²) in [5, 5.41) is 15.7. The molecular weight excluding hydrogens is 366 g/mol. The monoisotopic (exact) mass is 395 g/mol. The quantitative estimate of drug-likeness (QED) is 0.595. The van der Waals surface area contributed by atoms with Gasteiger partial charge < -0.3 is 15.7 Å². The number of carbonyl (C=O) groups excluding carboxylic acids is 2. The molecule has 2 aromatic rings. The molecule has 0 atom stereocenters. The molecule has 1 aliphatic rings. The van der Waals surface area contributed by atoms with Gasteiger partial charge in [-0.3, -0.25) is 14.5 Å². The molecule has 0 heterocycles. The number of phenolic OH excluding ortho intramolecular Hbond substituents is 1. The summed E-state index contributed by atoms with van der Waals surface area (Å²) >= 11 is 0. The van der Waals surface area contributed by atoms with Gasteiger partial charge in [-0.05, 0) is 68.5 Å². The average molecular weight is 396 g/mol. The number of amides is 2. The number of carbonyl (C=O) groups is 2. The molecule has 1 fully saturated rings. The number of hydrogen-bond acceptors (Lipinski definition) is 4. The van der Waals surface area contributed by atoms with Gasteiger partial charge >= 0.3 is 0 Å². The van der Waals surface area contributed by atoms with Crippen LogP contribution in [0.2, 0.25) is 0 Å². The molecule has 154 valence electrons. The maximum absolute atomic E-state index is 12.5. The SMILES string of the molecule is Cc1ccc(NC(=O)CCN(CC(=O)Nc2cc(C)ccc2C)C2CC2)c(O)c1. The summed E-state index contributed by atoms with van der Waals surface area (Å²) in [5.74, 6) is -0.183. The topological polar surface area (TPSA) is 81.7 Å². The molecule has 0 aliphatic heterocycles. The molecular formula is C23H29N3O3. The van der Waals surface area contributed by atoms with Crippen molar-refractivity contribution in [3.8, 4) is 5.75 Å². The van der Waals surface area contributed by atoms with E-state index >= 15 is 0 Å². The normalized spacial score (nSPS) is 13.4. The molecule has 0 aromatic heterocycles. The lowest BCUT2D eigenvalue weighted by Crippen LogP contribution is -2.37. The minimum atomic E-state index is -0.176. The van der Waals surface area contributed by atoms with Crippen LogP contribution >= 0.6 is 0 Å². The summed E-state index contributed by atoms with van der Waals surface area (Å²) in [6.07, 6.45) is 2.37. The van der Waals surface area contributed by atoms with Gasteiger partial charge in [0.05, 0.1) is 12.2 Å². The van der Waals surface area contributed by atoms with E-state index in [4.69, 9.17) is 0 Å². The zero-order valence-corrected chi connectivity index (χ0v) is 17.3. The van der Waals surface area contributed by atoms with Gasteiger partial charge in [0.1, 0.15) is 5.75 Å². The molecule has 2 amide bonds. The molecule has 1 aliphatic carbocycles. The smallest absolute Gasteiger partial charge is 0.238 e. The summed E-state index contributed by atoms with van der Waals surface area (Å²) in [7, 11) is 0. The van der Waals surface area contributed by atoms with Crippen molar-refractivity contribution in [2.24, 2.45) is 0 Å². The summed E-state index contributed by atoms with van der Waals surface area (Å²) in [5.41, 5.74) is 4.29. The van der Waals surface area contributed by atoms with Gasteiger partial charge in [-0.15, -0.1) is 0 Å². The lowest BCUT2D eigenvalue weighted by Gasteiger charge is -2.21. The number of nitrogens with one attached hydrogen (secondary N) is 2. The van der Waals surface area contributed by atoms with E-state index in [-0.39, 0.29) is 30.5 Å². The number of hydrogen-bond donors (Lipinski definition) is 3. The number of phenols is 1. The van der Waals surface area contributed by atoms with E-state index in [1.165, 1.54) is 0 Å². The number of benzene rings is 2. The number of nitrogens with zero attached hydrogens (tertiary/aromatic N) is 1. The van der Waals surface area contributed by atoms with Gasteiger partial charge in [0, 0.05) is 24.7 Å². The Labute approximate surface area is 171 Å². The average Bonchev–Trinajstić information content (AvgIpc) is 3.49. The fraction of sp³-hybridized carbons (Fsp3) is 0.391. The van der Waals surface area contributed by atoms with Crippen molar-refractivity contribution in [3.05, 3.63) is 53.1 Å². The maximum Gasteiger partial charge on any atom is 0.238 e. The van der Waals surface area contributed by atoms with Crippen LogP contribution in [-0.2, 0) is 9.59 Å². The Morgan fingerprint density at radius 3 is 2.31 bits per heavy atom. The first-order valence-corrected chi connectivity index (χ1v) is 10.0. The van der Waals surface area contributed by atoms with Crippen molar-refractivity contribution in [1.82, 2.24) is 4.90 Å². The molecule has 3 N–H and O–H groups in total. The van der Waals surface area contributed by atoms with Crippen molar-refractivity contribution in [3.63, 3.8) is 0 Å². The first kappa shape index (κ1) is 20.9. The van der Waals surface area contributed by atoms with Crippen LogP contribution < -0.4 is 10.6 Å². The minimum Gasteiger partial charge on any atom is -0.506 e. The van der Waals surface area contributed by atoms with Crippen molar-refractivity contribution >= 4 is 23.2 Å². The molecule has 3 rings (SSSR count). The molecule has 0 bridgehead atoms. The fourth-order valence-corrected chi connectivity index (χ4v) is 3.28. The lowest BCUT2D eigenvalue weighted by molar-refractivity contribution is -0.119. The van der Waals surface area contributed by atoms with Crippen molar-refractivity contribution in [1.29, 1.82) is 0 Å². The first-order valence-electron chi connectivity index (χ1n) is 10.0. The van der Waals surface area contributed by atoms with Crippen LogP contribution in [0, 0.1) is 20.8 Å². The molecule has 0 saturated heterocycles. The maximum atomic E-state index is 12.5. The molecule has 0 radical (unpaired) electrons. The number of aromatic hydroxyl groups is 1. The standard InChI is InChI=1S/C23H29N3O3/c1-15-4-6-17(3)20(12-15)25-23(29)14-26(18-7-8-18)11-10-22(28)24-19-9-5-16(2)13-21(19)27/h4-6,9,12-13,18,27H,7-8,10-11,14H2,1-3H3,(H,24,28)(H,25,29). The summed E-state index contributed by atoms with van der Waals surface area (Å²) in [4.78, 5) is 26.9. The highest BCUT2D eigenvalue weighted by atomic mass is 16.3. The van der Waals surface area contributed by atoms with E-state index in [1.807, 2.05) is 45.0 Å². The fourth-order valence-electron chi connectivity index (χ4n) is 3.28. The Hall–Kier alpha value is -2.86. The zero-order chi connectivity index (χ0) is 21.0. The Bertz CT molecular complexity index is 906. The van der Waals surface area contributed by atoms with Crippen LogP contribution in [-0.4, -0.2) is 41.0 Å². The second kappa shape index (κ2) is 9.09. The predicted molar refractivity (Wildman–Crippen MR) is 115 cm³/mol. The van der Waals surface area contributed by atoms with Crippen LogP contribution in [0.4, 0.5) is 11.4 Å². The summed E-state index contributed by atoms with van der Waals surface area (Å²) in [6, 6.07) is 11.5. The predicted octanol–water partition coefficient (Wildman–Crippen LogP) is 3.75. The van der Waals surface area contributed by atoms with Crippen LogP contribution in [0.15, 0.2) is 36.4 Å². The summed E-state index contributed by atoms with van der Waals surface area (Å²) in [6.45, 7) is 6.61. The summed E-state index contributed by atoms with van der Waals surface area (Å²) < 4.78 is 0. The number of anilines is 2. The van der Waals surface area contributed by atoms with Gasteiger partial charge in [0.2, 0.25) is 11.8 Å². The van der Waals surface area contributed by atoms with E-state index in [0.717, 1.165) is 35.2 Å². The third-order valence-electron chi connectivity index (χ3n) is 5.13. The van der Waals surface area contributed by atoms with Crippen molar-refractivity contribution < 1.29 is 14.7 Å². The van der Waals surface area contributed by atoms with Crippen LogP contribution in [0.1, 0.15) is 36.0 Å². The third-order valence-corrected chi connectivity index (χ3v) is 5.13. The van der Waals surface area contributed by atoms with Crippen LogP contribution in [0.5, 0.6) is 5.75 Å². The minimum absolute atomic E-state index is 0.0605. The Morgan fingerprint density at radius 2 is 1.62 bits per heavy atom. The number of aryl methyl sites for hydroxylation is 3. The van der Waals surface area contributed by atoms with Crippen LogP contribution in [0.3, 0.4) is 0 Å². The van der Waals surface area contributed by atoms with Gasteiger partial charge in [-0.25, -0.2) is 0 Å². The number of rotatable bonds is 8. The molecule has 2 aromatic carbocycles. The second-order valence-electron chi connectivity index (χ2n) is 7.89. The highest BCUT2D eigenvalue weighted by molar-refractivity contribution is 5.94. The highest BCUT2D eigenvalue weighted by Crippen LogP contribution is 2.27. The largest absolute Gasteiger partial charge is 0.506 e. The van der Waals surface area contributed by atoms with E-state index in [0.29, 0.717) is 18.3 Å². The van der Waals surface area contributed by atoms with Crippen molar-refractivity contribution in [2.75, 3.05) is 23.7 Å². The molecule has 6 heteroatoms. The second-order valence-corrected chi connectivity index (χ2v) is 7.89. The molecule has 29 heavy (non-hydrogen) atoms. The highest BCUT2D eigenvalue weighted by Gasteiger charge is 2.30. The molecule has 0 unspecified atom stereocenters. The van der Waals surface area contributed by atoms with Crippen LogP contribution in [0.25, 0.3) is 0 Å². The first-order chi connectivity index (χ1) is 13.8. The lowest BCUT2D eigenvalue weighted by atomic mass is 10.1. The van der Waals surface area contributed by atoms with Crippen molar-refractivity contribution in [2.45, 2.75) is 46.1 Å². The van der Waals surface area contributed by atoms with E-state index in [9.17, 15) is 14.7 Å². The Kier molecular flexibility index (Phi) is 6.54. The third kappa shape index (κ3) is 6.06. The zero-order valence-electron chi connectivity index (χ0n) is 17.3. The Balaban J connectivity index is 1.53. The van der Waals surface area contributed by atoms with E-state index in [2.05, 4.69) is 15.5 Å². The van der Waals surface area contributed by atoms with Gasteiger partial charge in [0.25, 0.3) is 0 Å². The molecule has 1 saturated carbocycles. The van der Waals surface area contributed by atoms with Gasteiger partial charge in [-0.2, -0.15) is 0 Å². The van der Waals surface area contributed by atoms with Gasteiger partial charge in [0.15, 0.2) is 0 Å². The Morgan fingerprint density at radius 1 is 0.966 bits per heavy atom. The molecule has 0 spiro atoms.